The van der Waals surface area contributed by atoms with E-state index in [0.29, 0.717) is 17.2 Å². The number of anilines is 3. The average Bonchev–Trinajstić information content (AvgIpc) is 2.71. The lowest BCUT2D eigenvalue weighted by molar-refractivity contribution is 0.102. The summed E-state index contributed by atoms with van der Waals surface area (Å²) in [6.07, 6.45) is 2.71. The van der Waals surface area contributed by atoms with E-state index >= 15 is 0 Å². The third kappa shape index (κ3) is 4.17. The Kier molecular flexibility index (Phi) is 5.69. The number of amides is 1. The molecular formula is C20H17F2N3O3. The van der Waals surface area contributed by atoms with Gasteiger partial charge in [0.05, 0.1) is 31.7 Å². The molecule has 8 heteroatoms. The molecule has 1 heterocycles. The van der Waals surface area contributed by atoms with Gasteiger partial charge in [-0.15, -0.1) is 0 Å². The summed E-state index contributed by atoms with van der Waals surface area (Å²) in [6, 6.07) is 9.89. The highest BCUT2D eigenvalue weighted by atomic mass is 19.1. The standard InChI is InChI=1S/C20H17F2N3O3/c1-27-17-7-6-13(9-18(17)28-2)25-20(26)12-8-14(11-23-10-12)24-19-15(21)4-3-5-16(19)22/h3-11,24H,1-2H3,(H,25,26). The van der Waals surface area contributed by atoms with Gasteiger partial charge in [0.2, 0.25) is 0 Å². The molecule has 2 aromatic carbocycles. The first kappa shape index (κ1) is 19.1. The summed E-state index contributed by atoms with van der Waals surface area (Å²) in [6.45, 7) is 0. The van der Waals surface area contributed by atoms with Crippen molar-refractivity contribution in [2.24, 2.45) is 0 Å². The highest BCUT2D eigenvalue weighted by Gasteiger charge is 2.12. The highest BCUT2D eigenvalue weighted by molar-refractivity contribution is 6.04. The van der Waals surface area contributed by atoms with Gasteiger partial charge in [-0.1, -0.05) is 6.07 Å². The third-order valence-electron chi connectivity index (χ3n) is 3.87. The fraction of sp³-hybridized carbons (Fsp3) is 0.100. The maximum Gasteiger partial charge on any atom is 0.257 e. The molecule has 0 atom stereocenters. The molecule has 144 valence electrons. The molecule has 3 rings (SSSR count). The van der Waals surface area contributed by atoms with E-state index in [1.165, 1.54) is 38.7 Å². The number of ether oxygens (including phenoxy) is 2. The summed E-state index contributed by atoms with van der Waals surface area (Å²) in [5.74, 6) is -0.957. The number of nitrogens with zero attached hydrogens (tertiary/aromatic N) is 1. The van der Waals surface area contributed by atoms with Crippen molar-refractivity contribution in [3.8, 4) is 11.5 Å². The molecule has 0 aliphatic carbocycles. The van der Waals surface area contributed by atoms with E-state index in [0.717, 1.165) is 12.1 Å². The largest absolute Gasteiger partial charge is 0.493 e. The lowest BCUT2D eigenvalue weighted by Gasteiger charge is -2.12. The molecule has 6 nitrogen and oxygen atoms in total. The summed E-state index contributed by atoms with van der Waals surface area (Å²) in [5, 5.41) is 5.31. The Balaban J connectivity index is 1.79. The van der Waals surface area contributed by atoms with Crippen molar-refractivity contribution in [1.82, 2.24) is 4.98 Å². The molecule has 1 amide bonds. The molecule has 0 spiro atoms. The van der Waals surface area contributed by atoms with Crippen LogP contribution >= 0.6 is 0 Å². The molecule has 28 heavy (non-hydrogen) atoms. The molecule has 0 saturated carbocycles. The monoisotopic (exact) mass is 385 g/mol. The first-order valence-electron chi connectivity index (χ1n) is 8.21. The average molecular weight is 385 g/mol. The minimum Gasteiger partial charge on any atom is -0.493 e. The summed E-state index contributed by atoms with van der Waals surface area (Å²) in [5.41, 5.74) is 0.642. The molecule has 0 fully saturated rings. The number of para-hydroxylation sites is 1. The van der Waals surface area contributed by atoms with E-state index in [9.17, 15) is 13.6 Å². The van der Waals surface area contributed by atoms with Crippen LogP contribution in [0, 0.1) is 11.6 Å². The lowest BCUT2D eigenvalue weighted by Crippen LogP contribution is -2.12. The number of benzene rings is 2. The Morgan fingerprint density at radius 2 is 1.64 bits per heavy atom. The minimum absolute atomic E-state index is 0.205. The van der Waals surface area contributed by atoms with Gasteiger partial charge in [-0.05, 0) is 30.3 Å². The van der Waals surface area contributed by atoms with E-state index in [4.69, 9.17) is 9.47 Å². The molecule has 0 bridgehead atoms. The SMILES string of the molecule is COc1ccc(NC(=O)c2cncc(Nc3c(F)cccc3F)c2)cc1OC. The zero-order valence-electron chi connectivity index (χ0n) is 15.1. The van der Waals surface area contributed by atoms with Crippen LogP contribution in [-0.2, 0) is 0 Å². The second-order valence-electron chi connectivity index (χ2n) is 5.71. The number of pyridine rings is 1. The third-order valence-corrected chi connectivity index (χ3v) is 3.87. The summed E-state index contributed by atoms with van der Waals surface area (Å²) >= 11 is 0. The highest BCUT2D eigenvalue weighted by Crippen LogP contribution is 2.30. The second kappa shape index (κ2) is 8.34. The van der Waals surface area contributed by atoms with Gasteiger partial charge in [0.1, 0.15) is 17.3 Å². The number of hydrogen-bond acceptors (Lipinski definition) is 5. The minimum atomic E-state index is -0.750. The van der Waals surface area contributed by atoms with Crippen molar-refractivity contribution in [3.05, 3.63) is 72.1 Å². The van der Waals surface area contributed by atoms with Crippen LogP contribution in [0.4, 0.5) is 25.8 Å². The lowest BCUT2D eigenvalue weighted by atomic mass is 10.2. The zero-order valence-corrected chi connectivity index (χ0v) is 15.1. The van der Waals surface area contributed by atoms with Gasteiger partial charge in [0.25, 0.3) is 5.91 Å². The van der Waals surface area contributed by atoms with Crippen molar-refractivity contribution >= 4 is 23.0 Å². The van der Waals surface area contributed by atoms with Crippen molar-refractivity contribution in [3.63, 3.8) is 0 Å². The molecule has 2 N–H and O–H groups in total. The van der Waals surface area contributed by atoms with Crippen molar-refractivity contribution in [2.75, 3.05) is 24.9 Å². The number of aromatic nitrogens is 1. The van der Waals surface area contributed by atoms with Gasteiger partial charge in [-0.3, -0.25) is 9.78 Å². The normalized spacial score (nSPS) is 10.3. The number of methoxy groups -OCH3 is 2. The van der Waals surface area contributed by atoms with E-state index in [-0.39, 0.29) is 16.9 Å². The second-order valence-corrected chi connectivity index (χ2v) is 5.71. The van der Waals surface area contributed by atoms with Crippen LogP contribution in [0.2, 0.25) is 0 Å². The van der Waals surface area contributed by atoms with Gasteiger partial charge < -0.3 is 20.1 Å². The molecule has 0 radical (unpaired) electrons. The van der Waals surface area contributed by atoms with Crippen molar-refractivity contribution < 1.29 is 23.0 Å². The Morgan fingerprint density at radius 3 is 2.32 bits per heavy atom. The van der Waals surface area contributed by atoms with Crippen molar-refractivity contribution in [1.29, 1.82) is 0 Å². The Morgan fingerprint density at radius 1 is 0.929 bits per heavy atom. The molecule has 3 aromatic rings. The number of hydrogen-bond donors (Lipinski definition) is 2. The van der Waals surface area contributed by atoms with E-state index in [1.54, 1.807) is 18.2 Å². The molecule has 0 unspecified atom stereocenters. The number of nitrogens with one attached hydrogen (secondary N) is 2. The molecular weight excluding hydrogens is 368 g/mol. The first-order valence-corrected chi connectivity index (χ1v) is 8.21. The van der Waals surface area contributed by atoms with Gasteiger partial charge in [-0.2, -0.15) is 0 Å². The molecule has 0 saturated heterocycles. The van der Waals surface area contributed by atoms with Crippen LogP contribution < -0.4 is 20.1 Å². The van der Waals surface area contributed by atoms with Gasteiger partial charge in [-0.25, -0.2) is 8.78 Å². The molecule has 0 aliphatic rings. The van der Waals surface area contributed by atoms with E-state index in [2.05, 4.69) is 15.6 Å². The van der Waals surface area contributed by atoms with Gasteiger partial charge in [0, 0.05) is 18.0 Å². The Labute approximate surface area is 160 Å². The predicted octanol–water partition coefficient (Wildman–Crippen LogP) is 4.37. The number of rotatable bonds is 6. The summed E-state index contributed by atoms with van der Waals surface area (Å²) in [7, 11) is 3.00. The maximum absolute atomic E-state index is 13.8. The Hall–Kier alpha value is -3.68. The van der Waals surface area contributed by atoms with Crippen LogP contribution in [0.5, 0.6) is 11.5 Å². The van der Waals surface area contributed by atoms with E-state index < -0.39 is 17.5 Å². The fourth-order valence-electron chi connectivity index (χ4n) is 2.51. The number of carbonyl (C=O) groups excluding carboxylic acids is 1. The van der Waals surface area contributed by atoms with Crippen LogP contribution in [0.1, 0.15) is 10.4 Å². The van der Waals surface area contributed by atoms with Gasteiger partial charge >= 0.3 is 0 Å². The topological polar surface area (TPSA) is 72.5 Å². The van der Waals surface area contributed by atoms with Crippen LogP contribution in [0.3, 0.4) is 0 Å². The van der Waals surface area contributed by atoms with Crippen LogP contribution in [-0.4, -0.2) is 25.1 Å². The maximum atomic E-state index is 13.8. The molecule has 0 aliphatic heterocycles. The quantitative estimate of drug-likeness (QED) is 0.659. The number of halogens is 2. The molecule has 1 aromatic heterocycles. The van der Waals surface area contributed by atoms with E-state index in [1.807, 2.05) is 0 Å². The smallest absolute Gasteiger partial charge is 0.257 e. The zero-order chi connectivity index (χ0) is 20.1. The first-order chi connectivity index (χ1) is 13.5. The fourth-order valence-corrected chi connectivity index (χ4v) is 2.51. The van der Waals surface area contributed by atoms with Crippen LogP contribution in [0.25, 0.3) is 0 Å². The number of carbonyl (C=O) groups is 1. The van der Waals surface area contributed by atoms with Crippen LogP contribution in [0.15, 0.2) is 54.9 Å². The summed E-state index contributed by atoms with van der Waals surface area (Å²) in [4.78, 5) is 16.5. The Bertz CT molecular complexity index is 991. The van der Waals surface area contributed by atoms with Gasteiger partial charge in [0.15, 0.2) is 11.5 Å². The van der Waals surface area contributed by atoms with Crippen molar-refractivity contribution in [2.45, 2.75) is 0 Å². The predicted molar refractivity (Wildman–Crippen MR) is 101 cm³/mol. The summed E-state index contributed by atoms with van der Waals surface area (Å²) < 4.78 is 37.9.